The number of likely N-dealkylation sites (tertiary alicyclic amines) is 2. The second-order valence-corrected chi connectivity index (χ2v) is 15.6. The summed E-state index contributed by atoms with van der Waals surface area (Å²) in [5, 5.41) is 11.1. The van der Waals surface area contributed by atoms with Crippen LogP contribution < -0.4 is 26.2 Å². The molecule has 4 aliphatic rings. The Bertz CT molecular complexity index is 1960. The van der Waals surface area contributed by atoms with Gasteiger partial charge < -0.3 is 45.4 Å². The molecule has 0 spiro atoms. The van der Waals surface area contributed by atoms with E-state index >= 15 is 0 Å². The number of rotatable bonds is 13. The molecule has 6 amide bonds. The molecule has 3 saturated heterocycles. The van der Waals surface area contributed by atoms with Gasteiger partial charge in [0.25, 0.3) is 0 Å². The summed E-state index contributed by atoms with van der Waals surface area (Å²) in [7, 11) is 2.47. The molecule has 6 rings (SSSR count). The summed E-state index contributed by atoms with van der Waals surface area (Å²) in [4.78, 5) is 82.6. The van der Waals surface area contributed by atoms with Crippen molar-refractivity contribution in [2.45, 2.75) is 108 Å². The van der Waals surface area contributed by atoms with E-state index in [2.05, 4.69) is 41.7 Å². The van der Waals surface area contributed by atoms with E-state index in [0.717, 1.165) is 24.1 Å². The number of amides is 6. The smallest absolute Gasteiger partial charge is 0.407 e. The zero-order valence-corrected chi connectivity index (χ0v) is 34.7. The first-order chi connectivity index (χ1) is 29.0. The molecule has 322 valence electrons. The number of nitrogens with zero attached hydrogens (tertiary/aromatic N) is 3. The number of carbonyl (C=O) groups excluding carboxylic acids is 6. The van der Waals surface area contributed by atoms with Gasteiger partial charge in [-0.15, -0.1) is 0 Å². The molecule has 0 bridgehead atoms. The molecule has 0 radical (unpaired) electrons. The highest BCUT2D eigenvalue weighted by atomic mass is 19.1. The normalized spacial score (nSPS) is 23.3. The Morgan fingerprint density at radius 3 is 1.78 bits per heavy atom. The molecule has 3 aliphatic heterocycles. The van der Waals surface area contributed by atoms with Crippen molar-refractivity contribution >= 4 is 47.2 Å². The Labute approximate surface area is 350 Å². The lowest BCUT2D eigenvalue weighted by molar-refractivity contribution is -0.139. The van der Waals surface area contributed by atoms with Crippen molar-refractivity contribution < 1.29 is 42.6 Å². The number of alkyl carbamates (subject to hydrolysis) is 2. The number of benzene rings is 2. The van der Waals surface area contributed by atoms with Crippen molar-refractivity contribution in [2.24, 2.45) is 5.92 Å². The van der Waals surface area contributed by atoms with Gasteiger partial charge in [0.05, 0.1) is 20.3 Å². The third-order valence-corrected chi connectivity index (χ3v) is 12.1. The van der Waals surface area contributed by atoms with E-state index < -0.39 is 36.4 Å². The van der Waals surface area contributed by atoms with Crippen LogP contribution in [-0.4, -0.2) is 103 Å². The minimum atomic E-state index is -0.794. The fraction of sp³-hybridized carbons (Fsp3) is 0.500. The summed E-state index contributed by atoms with van der Waals surface area (Å²) in [5.74, 6) is -1.44. The van der Waals surface area contributed by atoms with Crippen LogP contribution in [0.15, 0.2) is 72.5 Å². The number of anilines is 2. The molecule has 1 aliphatic carbocycles. The summed E-state index contributed by atoms with van der Waals surface area (Å²) in [6.45, 7) is 4.41. The molecule has 2 aromatic rings. The first kappa shape index (κ1) is 43.6. The minimum absolute atomic E-state index is 0.0357. The lowest BCUT2D eigenvalue weighted by Gasteiger charge is -2.37. The van der Waals surface area contributed by atoms with Crippen LogP contribution in [0.2, 0.25) is 0 Å². The number of methoxy groups -OCH3 is 2. The molecule has 3 fully saturated rings. The summed E-state index contributed by atoms with van der Waals surface area (Å²) in [6, 6.07) is 11.3. The highest BCUT2D eigenvalue weighted by molar-refractivity contribution is 5.98. The zero-order chi connectivity index (χ0) is 42.9. The summed E-state index contributed by atoms with van der Waals surface area (Å²) < 4.78 is 23.5. The van der Waals surface area contributed by atoms with E-state index in [9.17, 15) is 33.2 Å². The van der Waals surface area contributed by atoms with E-state index in [1.165, 1.54) is 36.2 Å². The molecule has 16 heteroatoms. The number of nitrogens with one attached hydrogen (secondary N) is 4. The third kappa shape index (κ3) is 9.91. The Hall–Kier alpha value is -5.93. The van der Waals surface area contributed by atoms with Gasteiger partial charge in [-0.25, -0.2) is 14.0 Å². The minimum Gasteiger partial charge on any atom is -0.453 e. The van der Waals surface area contributed by atoms with Gasteiger partial charge in [-0.3, -0.25) is 19.2 Å². The molecular weight excluding hydrogens is 774 g/mol. The monoisotopic (exact) mass is 829 g/mol. The van der Waals surface area contributed by atoms with E-state index in [-0.39, 0.29) is 47.4 Å². The van der Waals surface area contributed by atoms with Crippen molar-refractivity contribution in [3.8, 4) is 0 Å². The fourth-order valence-corrected chi connectivity index (χ4v) is 8.91. The Kier molecular flexibility index (Phi) is 14.5. The molecule has 0 saturated carbocycles. The highest BCUT2D eigenvalue weighted by Gasteiger charge is 2.41. The number of hydrogen-bond donors (Lipinski definition) is 4. The largest absolute Gasteiger partial charge is 0.453 e. The van der Waals surface area contributed by atoms with Crippen LogP contribution in [0.1, 0.15) is 83.2 Å². The van der Waals surface area contributed by atoms with Gasteiger partial charge in [0.2, 0.25) is 23.6 Å². The van der Waals surface area contributed by atoms with Crippen LogP contribution in [0.4, 0.5) is 25.4 Å². The Morgan fingerprint density at radius 2 is 1.28 bits per heavy atom. The lowest BCUT2D eigenvalue weighted by atomic mass is 9.90. The molecule has 0 aromatic heterocycles. The van der Waals surface area contributed by atoms with Crippen molar-refractivity contribution in [1.29, 1.82) is 0 Å². The predicted octanol–water partition coefficient (Wildman–Crippen LogP) is 5.30. The summed E-state index contributed by atoms with van der Waals surface area (Å²) >= 11 is 0. The maximum Gasteiger partial charge on any atom is 0.407 e. The maximum absolute atomic E-state index is 14.2. The molecule has 3 heterocycles. The number of hydrogen-bond acceptors (Lipinski definition) is 9. The van der Waals surface area contributed by atoms with Gasteiger partial charge >= 0.3 is 12.2 Å². The molecule has 15 nitrogen and oxygen atoms in total. The SMILES string of the molecule is CC[C@H](NC(=O)OC)C(=O)N1CCC[C@H]1C(=O)NC1=CCC([C@H]2CC[C@H](c3ccc(NC(=O)[C@@H]4CCCN4C(=O)[C@H](CC)NC(=O)OC)cc3)N2c2ccc(F)cc2)C=C1. The lowest BCUT2D eigenvalue weighted by Crippen LogP contribution is -2.53. The van der Waals surface area contributed by atoms with Crippen LogP contribution in [0.25, 0.3) is 0 Å². The van der Waals surface area contributed by atoms with Crippen LogP contribution in [-0.2, 0) is 28.7 Å². The molecule has 4 N–H and O–H groups in total. The molecule has 7 atom stereocenters. The quantitative estimate of drug-likeness (QED) is 0.209. The average Bonchev–Trinajstić information content (AvgIpc) is 4.06. The van der Waals surface area contributed by atoms with Crippen molar-refractivity contribution in [2.75, 3.05) is 37.5 Å². The van der Waals surface area contributed by atoms with Crippen molar-refractivity contribution in [3.05, 3.63) is 83.8 Å². The molecular formula is C44H56FN7O8. The van der Waals surface area contributed by atoms with Crippen LogP contribution in [0, 0.1) is 11.7 Å². The van der Waals surface area contributed by atoms with Gasteiger partial charge in [0.15, 0.2) is 0 Å². The van der Waals surface area contributed by atoms with E-state index in [0.29, 0.717) is 69.4 Å². The van der Waals surface area contributed by atoms with Crippen LogP contribution in [0.3, 0.4) is 0 Å². The second-order valence-electron chi connectivity index (χ2n) is 15.6. The first-order valence-corrected chi connectivity index (χ1v) is 20.9. The second kappa shape index (κ2) is 19.9. The molecule has 1 unspecified atom stereocenters. The average molecular weight is 830 g/mol. The van der Waals surface area contributed by atoms with Crippen molar-refractivity contribution in [3.63, 3.8) is 0 Å². The first-order valence-electron chi connectivity index (χ1n) is 20.9. The number of ether oxygens (including phenoxy) is 2. The van der Waals surface area contributed by atoms with Gasteiger partial charge in [-0.05, 0) is 106 Å². The molecule has 60 heavy (non-hydrogen) atoms. The number of carbonyl (C=O) groups is 6. The van der Waals surface area contributed by atoms with E-state index in [1.807, 2.05) is 36.4 Å². The van der Waals surface area contributed by atoms with Gasteiger partial charge in [0.1, 0.15) is 30.0 Å². The van der Waals surface area contributed by atoms with Gasteiger partial charge in [0, 0.05) is 42.1 Å². The maximum atomic E-state index is 14.2. The van der Waals surface area contributed by atoms with Crippen LogP contribution in [0.5, 0.6) is 0 Å². The standard InChI is InChI=1S/C44H56FN7O8/c1-5-33(48-43(57)59-3)41(55)50-25-7-9-37(50)39(53)46-30-17-11-27(12-18-30)35-23-24-36(52(35)32-21-15-29(45)16-22-32)28-13-19-31(20-14-28)47-40(54)38-10-8-26-51(38)42(56)34(6-2)49-44(58)60-4/h11-13,15-22,28,33-38H,5-10,14,23-26H2,1-4H3,(H,46,53)(H,47,54)(H,48,57)(H,49,58)/t28?,33-,34-,35+,36+,37-,38-/m0/s1. The summed E-state index contributed by atoms with van der Waals surface area (Å²) in [6.07, 6.45) is 10.0. The van der Waals surface area contributed by atoms with E-state index in [1.54, 1.807) is 26.0 Å². The van der Waals surface area contributed by atoms with Gasteiger partial charge in [-0.2, -0.15) is 0 Å². The highest BCUT2D eigenvalue weighted by Crippen LogP contribution is 2.44. The fourth-order valence-electron chi connectivity index (χ4n) is 8.91. The third-order valence-electron chi connectivity index (χ3n) is 12.1. The Balaban J connectivity index is 1.10. The number of allylic oxidation sites excluding steroid dienone is 2. The summed E-state index contributed by atoms with van der Waals surface area (Å²) in [5.41, 5.74) is 3.16. The molecule has 2 aromatic carbocycles. The zero-order valence-electron chi connectivity index (χ0n) is 34.7. The van der Waals surface area contributed by atoms with Crippen LogP contribution >= 0.6 is 0 Å². The number of halogens is 1. The Morgan fingerprint density at radius 1 is 0.733 bits per heavy atom. The van der Waals surface area contributed by atoms with Gasteiger partial charge in [-0.1, -0.05) is 38.1 Å². The topological polar surface area (TPSA) is 179 Å². The van der Waals surface area contributed by atoms with Crippen molar-refractivity contribution in [1.82, 2.24) is 25.8 Å². The van der Waals surface area contributed by atoms with E-state index in [4.69, 9.17) is 0 Å². The predicted molar refractivity (Wildman–Crippen MR) is 222 cm³/mol.